The maximum atomic E-state index is 12.5. The first-order valence-corrected chi connectivity index (χ1v) is 7.62. The molecule has 0 spiro atoms. The van der Waals surface area contributed by atoms with E-state index >= 15 is 0 Å². The second-order valence-corrected chi connectivity index (χ2v) is 5.84. The topological polar surface area (TPSA) is 75.5 Å². The van der Waals surface area contributed by atoms with E-state index in [2.05, 4.69) is 5.32 Å². The Balaban J connectivity index is 1.95. The lowest BCUT2D eigenvalue weighted by atomic mass is 10.0. The summed E-state index contributed by atoms with van der Waals surface area (Å²) in [5, 5.41) is 14.4. The van der Waals surface area contributed by atoms with Gasteiger partial charge in [-0.3, -0.25) is 15.0 Å². The third-order valence-electron chi connectivity index (χ3n) is 3.75. The smallest absolute Gasteiger partial charge is 0.326 e. The fourth-order valence-electron chi connectivity index (χ4n) is 2.66. The number of hydrogen-bond acceptors (Lipinski definition) is 3. The fourth-order valence-corrected chi connectivity index (χ4v) is 2.86. The Labute approximate surface area is 143 Å². The second-order valence-electron chi connectivity index (χ2n) is 5.40. The van der Waals surface area contributed by atoms with Crippen molar-refractivity contribution in [2.24, 2.45) is 0 Å². The van der Waals surface area contributed by atoms with Crippen LogP contribution in [0.4, 0.5) is 16.2 Å². The van der Waals surface area contributed by atoms with E-state index in [1.807, 2.05) is 18.2 Å². The molecular weight excluding hydrogens is 330 g/mol. The lowest BCUT2D eigenvalue weighted by Gasteiger charge is -2.31. The van der Waals surface area contributed by atoms with Crippen LogP contribution >= 0.6 is 11.6 Å². The summed E-state index contributed by atoms with van der Waals surface area (Å²) >= 11 is 6.00. The molecule has 2 aromatic carbocycles. The molecule has 0 fully saturated rings. The zero-order valence-electron chi connectivity index (χ0n) is 12.8. The van der Waals surface area contributed by atoms with Crippen LogP contribution in [0.1, 0.15) is 18.5 Å². The highest BCUT2D eigenvalue weighted by atomic mass is 35.5. The average Bonchev–Trinajstić information content (AvgIpc) is 2.54. The maximum absolute atomic E-state index is 12.5. The van der Waals surface area contributed by atoms with Crippen LogP contribution in [-0.4, -0.2) is 11.0 Å². The molecule has 2 aromatic rings. The number of benzene rings is 2. The molecule has 1 aliphatic rings. The van der Waals surface area contributed by atoms with Crippen molar-refractivity contribution in [3.63, 3.8) is 0 Å². The molecule has 1 heterocycles. The van der Waals surface area contributed by atoms with Gasteiger partial charge in [-0.25, -0.2) is 4.79 Å². The number of hydrogen-bond donors (Lipinski definition) is 1. The summed E-state index contributed by atoms with van der Waals surface area (Å²) in [5.41, 5.74) is 1.93. The summed E-state index contributed by atoms with van der Waals surface area (Å²) in [6.07, 6.45) is 1.88. The molecule has 0 aromatic heterocycles. The van der Waals surface area contributed by atoms with Crippen molar-refractivity contribution in [3.8, 4) is 0 Å². The van der Waals surface area contributed by atoms with Crippen molar-refractivity contribution >= 4 is 29.0 Å². The van der Waals surface area contributed by atoms with Crippen molar-refractivity contribution in [2.75, 3.05) is 4.90 Å². The van der Waals surface area contributed by atoms with Crippen LogP contribution in [0.5, 0.6) is 0 Å². The molecular formula is C17H14ClN3O3. The summed E-state index contributed by atoms with van der Waals surface area (Å²) in [6.45, 7) is 1.79. The summed E-state index contributed by atoms with van der Waals surface area (Å²) in [4.78, 5) is 24.4. The number of nitro groups is 1. The Bertz CT molecular complexity index is 850. The van der Waals surface area contributed by atoms with Gasteiger partial charge in [0.25, 0.3) is 5.69 Å². The van der Waals surface area contributed by atoms with E-state index in [0.29, 0.717) is 16.4 Å². The Morgan fingerprint density at radius 2 is 1.96 bits per heavy atom. The predicted octanol–water partition coefficient (Wildman–Crippen LogP) is 4.42. The van der Waals surface area contributed by atoms with Crippen molar-refractivity contribution in [1.82, 2.24) is 5.32 Å². The summed E-state index contributed by atoms with van der Waals surface area (Å²) in [6, 6.07) is 12.6. The first-order valence-electron chi connectivity index (χ1n) is 7.24. The van der Waals surface area contributed by atoms with Gasteiger partial charge in [0.15, 0.2) is 0 Å². The number of anilines is 1. The molecule has 122 valence electrons. The average molecular weight is 344 g/mol. The van der Waals surface area contributed by atoms with Crippen LogP contribution in [-0.2, 0) is 0 Å². The van der Waals surface area contributed by atoms with E-state index in [1.54, 1.807) is 31.2 Å². The quantitative estimate of drug-likeness (QED) is 0.662. The summed E-state index contributed by atoms with van der Waals surface area (Å²) in [5.74, 6) is 0. The number of urea groups is 1. The third kappa shape index (κ3) is 3.09. The number of nitrogens with zero attached hydrogens (tertiary/aromatic N) is 2. The Morgan fingerprint density at radius 3 is 2.62 bits per heavy atom. The zero-order valence-corrected chi connectivity index (χ0v) is 13.5. The first-order chi connectivity index (χ1) is 11.5. The standard InChI is InChI=1S/C17H14ClN3O3/c1-11-8-16(12-4-2-5-13(18)9-12)19-17(22)20(11)14-6-3-7-15(10-14)21(23)24/h2-10,16H,1H3,(H,19,22). The van der Waals surface area contributed by atoms with Crippen molar-refractivity contribution in [3.05, 3.63) is 81.0 Å². The molecule has 1 unspecified atom stereocenters. The number of halogens is 1. The lowest BCUT2D eigenvalue weighted by Crippen LogP contribution is -2.44. The highest BCUT2D eigenvalue weighted by Gasteiger charge is 2.27. The van der Waals surface area contributed by atoms with Crippen LogP contribution in [0.25, 0.3) is 0 Å². The first kappa shape index (κ1) is 16.0. The largest absolute Gasteiger partial charge is 0.327 e. The van der Waals surface area contributed by atoms with Gasteiger partial charge in [-0.1, -0.05) is 29.8 Å². The number of rotatable bonds is 3. The zero-order chi connectivity index (χ0) is 17.3. The molecule has 0 saturated carbocycles. The Kier molecular flexibility index (Phi) is 4.22. The van der Waals surface area contributed by atoms with Gasteiger partial charge in [0.05, 0.1) is 16.7 Å². The Morgan fingerprint density at radius 1 is 1.21 bits per heavy atom. The minimum absolute atomic E-state index is 0.0648. The molecule has 1 atom stereocenters. The predicted molar refractivity (Wildman–Crippen MR) is 92.1 cm³/mol. The minimum atomic E-state index is -0.487. The van der Waals surface area contributed by atoms with Crippen LogP contribution in [0.2, 0.25) is 5.02 Å². The number of carbonyl (C=O) groups excluding carboxylic acids is 1. The number of non-ortho nitro benzene ring substituents is 1. The number of nitro benzene ring substituents is 1. The molecule has 0 radical (unpaired) electrons. The van der Waals surface area contributed by atoms with Gasteiger partial charge in [-0.05, 0) is 36.8 Å². The van der Waals surface area contributed by atoms with Gasteiger partial charge in [-0.2, -0.15) is 0 Å². The van der Waals surface area contributed by atoms with Gasteiger partial charge in [0.1, 0.15) is 0 Å². The van der Waals surface area contributed by atoms with Gasteiger partial charge < -0.3 is 5.32 Å². The van der Waals surface area contributed by atoms with Crippen LogP contribution in [0, 0.1) is 10.1 Å². The van der Waals surface area contributed by atoms with E-state index in [-0.39, 0.29) is 17.8 Å². The third-order valence-corrected chi connectivity index (χ3v) is 3.98. The number of nitrogens with one attached hydrogen (secondary N) is 1. The molecule has 0 aliphatic carbocycles. The Hall–Kier alpha value is -2.86. The molecule has 0 bridgehead atoms. The molecule has 7 heteroatoms. The molecule has 1 N–H and O–H groups in total. The summed E-state index contributed by atoms with van der Waals surface area (Å²) < 4.78 is 0. The van der Waals surface area contributed by atoms with Gasteiger partial charge in [0.2, 0.25) is 0 Å². The fraction of sp³-hybridized carbons (Fsp3) is 0.118. The highest BCUT2D eigenvalue weighted by molar-refractivity contribution is 6.30. The van der Waals surface area contributed by atoms with E-state index in [9.17, 15) is 14.9 Å². The maximum Gasteiger partial charge on any atom is 0.326 e. The van der Waals surface area contributed by atoms with E-state index in [1.165, 1.54) is 17.0 Å². The van der Waals surface area contributed by atoms with Crippen molar-refractivity contribution in [2.45, 2.75) is 13.0 Å². The highest BCUT2D eigenvalue weighted by Crippen LogP contribution is 2.30. The van der Waals surface area contributed by atoms with Crippen molar-refractivity contribution in [1.29, 1.82) is 0 Å². The van der Waals surface area contributed by atoms with Crippen molar-refractivity contribution < 1.29 is 9.72 Å². The molecule has 6 nitrogen and oxygen atoms in total. The van der Waals surface area contributed by atoms with E-state index in [0.717, 1.165) is 5.56 Å². The van der Waals surface area contributed by atoms with Crippen LogP contribution < -0.4 is 10.2 Å². The molecule has 3 rings (SSSR count). The van der Waals surface area contributed by atoms with Crippen LogP contribution in [0.15, 0.2) is 60.3 Å². The van der Waals surface area contributed by atoms with E-state index < -0.39 is 4.92 Å². The van der Waals surface area contributed by atoms with Gasteiger partial charge >= 0.3 is 6.03 Å². The molecule has 24 heavy (non-hydrogen) atoms. The van der Waals surface area contributed by atoms with E-state index in [4.69, 9.17) is 11.6 Å². The van der Waals surface area contributed by atoms with Gasteiger partial charge in [0, 0.05) is 22.9 Å². The SMILES string of the molecule is CC1=CC(c2cccc(Cl)c2)NC(=O)N1c1cccc([N+](=O)[O-])c1. The molecule has 2 amide bonds. The van der Waals surface area contributed by atoms with Gasteiger partial charge in [-0.15, -0.1) is 0 Å². The lowest BCUT2D eigenvalue weighted by molar-refractivity contribution is -0.384. The minimum Gasteiger partial charge on any atom is -0.327 e. The molecule has 1 aliphatic heterocycles. The number of allylic oxidation sites excluding steroid dienone is 1. The number of carbonyl (C=O) groups is 1. The van der Waals surface area contributed by atoms with Crippen LogP contribution in [0.3, 0.4) is 0 Å². The normalized spacial score (nSPS) is 17.2. The molecule has 0 saturated heterocycles. The number of amides is 2. The summed E-state index contributed by atoms with van der Waals surface area (Å²) in [7, 11) is 0. The monoisotopic (exact) mass is 343 g/mol. The second kappa shape index (κ2) is 6.33.